The molecule has 0 spiro atoms. The number of aliphatic carboxylic acids is 1. The third-order valence-corrected chi connectivity index (χ3v) is 4.28. The minimum atomic E-state index is -1.37. The van der Waals surface area contributed by atoms with Crippen LogP contribution in [0, 0.1) is 5.92 Å². The van der Waals surface area contributed by atoms with Gasteiger partial charge in [-0.15, -0.1) is 0 Å². The van der Waals surface area contributed by atoms with E-state index in [1.165, 1.54) is 11.0 Å². The van der Waals surface area contributed by atoms with Crippen molar-refractivity contribution in [1.82, 2.24) is 4.90 Å². The number of fused-ring (bicyclic) bond motifs is 1. The molecule has 0 bridgehead atoms. The highest BCUT2D eigenvalue weighted by Gasteiger charge is 2.57. The zero-order valence-corrected chi connectivity index (χ0v) is 11.3. The second-order valence-electron chi connectivity index (χ2n) is 5.36. The fraction of sp³-hybridized carbons (Fsp3) is 0.429. The summed E-state index contributed by atoms with van der Waals surface area (Å²) in [5, 5.41) is 19.8. The number of rotatable bonds is 3. The topological polar surface area (TPSA) is 77.8 Å². The second-order valence-corrected chi connectivity index (χ2v) is 5.79. The monoisotopic (exact) mass is 295 g/mol. The Balaban J connectivity index is 1.83. The van der Waals surface area contributed by atoms with Crippen molar-refractivity contribution in [3.63, 3.8) is 0 Å². The fourth-order valence-electron chi connectivity index (χ4n) is 2.95. The number of benzene rings is 1. The van der Waals surface area contributed by atoms with Crippen LogP contribution in [0.1, 0.15) is 24.5 Å². The first-order valence-corrected chi connectivity index (χ1v) is 6.85. The number of hydrogen-bond acceptors (Lipinski definition) is 3. The Bertz CT molecular complexity index is 576. The molecule has 4 atom stereocenters. The van der Waals surface area contributed by atoms with Gasteiger partial charge in [0.1, 0.15) is 6.04 Å². The number of amides is 1. The first-order chi connectivity index (χ1) is 9.49. The van der Waals surface area contributed by atoms with E-state index in [-0.39, 0.29) is 12.0 Å². The van der Waals surface area contributed by atoms with Gasteiger partial charge < -0.3 is 15.1 Å². The number of carbonyl (C=O) groups excluding carboxylic acids is 1. The van der Waals surface area contributed by atoms with E-state index in [2.05, 4.69) is 0 Å². The predicted octanol–water partition coefficient (Wildman–Crippen LogP) is 1.45. The molecule has 1 heterocycles. The predicted molar refractivity (Wildman–Crippen MR) is 71.2 cm³/mol. The molecule has 1 amide bonds. The van der Waals surface area contributed by atoms with Crippen molar-refractivity contribution in [3.8, 4) is 0 Å². The summed E-state index contributed by atoms with van der Waals surface area (Å²) >= 11 is 5.84. The number of piperidine rings is 1. The molecule has 1 aromatic carbocycles. The van der Waals surface area contributed by atoms with Crippen LogP contribution in [0.2, 0.25) is 5.02 Å². The van der Waals surface area contributed by atoms with Crippen LogP contribution in [0.15, 0.2) is 24.3 Å². The molecule has 0 unspecified atom stereocenters. The summed E-state index contributed by atoms with van der Waals surface area (Å²) in [5.41, 5.74) is 0.385. The molecule has 20 heavy (non-hydrogen) atoms. The van der Waals surface area contributed by atoms with Crippen molar-refractivity contribution in [2.24, 2.45) is 5.92 Å². The molecule has 106 valence electrons. The number of nitrogens with zero attached hydrogens (tertiary/aromatic N) is 1. The number of aliphatic hydroxyl groups excluding tert-OH is 1. The molecule has 1 saturated heterocycles. The van der Waals surface area contributed by atoms with E-state index in [9.17, 15) is 19.8 Å². The molecule has 5 nitrogen and oxygen atoms in total. The largest absolute Gasteiger partial charge is 0.480 e. The van der Waals surface area contributed by atoms with Gasteiger partial charge in [-0.2, -0.15) is 0 Å². The van der Waals surface area contributed by atoms with Gasteiger partial charge in [-0.25, -0.2) is 4.79 Å². The van der Waals surface area contributed by atoms with Crippen LogP contribution in [0.4, 0.5) is 0 Å². The van der Waals surface area contributed by atoms with Gasteiger partial charge >= 0.3 is 5.97 Å². The van der Waals surface area contributed by atoms with E-state index in [4.69, 9.17) is 11.6 Å². The third kappa shape index (κ3) is 2.17. The number of carbonyl (C=O) groups is 2. The normalized spacial score (nSPS) is 28.9. The van der Waals surface area contributed by atoms with Gasteiger partial charge in [0.25, 0.3) is 5.91 Å². The van der Waals surface area contributed by atoms with Crippen LogP contribution in [-0.2, 0) is 9.59 Å². The molecular weight excluding hydrogens is 282 g/mol. The van der Waals surface area contributed by atoms with Crippen LogP contribution < -0.4 is 0 Å². The van der Waals surface area contributed by atoms with Gasteiger partial charge in [-0.1, -0.05) is 23.7 Å². The quantitative estimate of drug-likeness (QED) is 0.885. The molecule has 2 aliphatic rings. The highest BCUT2D eigenvalue weighted by molar-refractivity contribution is 6.30. The zero-order valence-electron chi connectivity index (χ0n) is 10.6. The number of carboxylic acids is 1. The maximum atomic E-state index is 12.4. The SMILES string of the molecule is O=C(O)[C@@H]1C[C@@H]2C[C@@H]2N1C(=O)[C@H](O)c1cccc(Cl)c1. The highest BCUT2D eigenvalue weighted by Crippen LogP contribution is 2.48. The fourth-order valence-corrected chi connectivity index (χ4v) is 3.15. The number of carboxylic acid groups (broad SMARTS) is 1. The average molecular weight is 296 g/mol. The summed E-state index contributed by atoms with van der Waals surface area (Å²) in [6.45, 7) is 0. The smallest absolute Gasteiger partial charge is 0.326 e. The van der Waals surface area contributed by atoms with E-state index in [1.807, 2.05) is 0 Å². The second kappa shape index (κ2) is 4.75. The number of likely N-dealkylation sites (tertiary alicyclic amines) is 1. The molecular formula is C14H14ClNO4. The maximum Gasteiger partial charge on any atom is 0.326 e. The van der Waals surface area contributed by atoms with E-state index in [0.29, 0.717) is 17.0 Å². The van der Waals surface area contributed by atoms with Gasteiger partial charge in [-0.05, 0) is 36.5 Å². The molecule has 6 heteroatoms. The van der Waals surface area contributed by atoms with Crippen molar-refractivity contribution in [1.29, 1.82) is 0 Å². The molecule has 2 fully saturated rings. The molecule has 2 N–H and O–H groups in total. The van der Waals surface area contributed by atoms with E-state index in [1.54, 1.807) is 18.2 Å². The molecule has 3 rings (SSSR count). The summed E-state index contributed by atoms with van der Waals surface area (Å²) in [4.78, 5) is 24.9. The Morgan fingerprint density at radius 2 is 2.10 bits per heavy atom. The zero-order chi connectivity index (χ0) is 14.4. The number of hydrogen-bond donors (Lipinski definition) is 2. The maximum absolute atomic E-state index is 12.4. The Kier molecular flexibility index (Phi) is 3.18. The summed E-state index contributed by atoms with van der Waals surface area (Å²) in [6.07, 6.45) is -0.0545. The molecule has 0 radical (unpaired) electrons. The molecule has 1 aromatic rings. The Morgan fingerprint density at radius 1 is 1.35 bits per heavy atom. The lowest BCUT2D eigenvalue weighted by Gasteiger charge is -2.27. The van der Waals surface area contributed by atoms with Crippen LogP contribution in [0.3, 0.4) is 0 Å². The van der Waals surface area contributed by atoms with E-state index < -0.39 is 24.0 Å². The Labute approximate surface area is 120 Å². The minimum Gasteiger partial charge on any atom is -0.480 e. The summed E-state index contributed by atoms with van der Waals surface area (Å²) in [6, 6.07) is 5.56. The lowest BCUT2D eigenvalue weighted by Crippen LogP contribution is -2.45. The lowest BCUT2D eigenvalue weighted by molar-refractivity contribution is -0.153. The summed E-state index contributed by atoms with van der Waals surface area (Å²) in [7, 11) is 0. The van der Waals surface area contributed by atoms with Crippen molar-refractivity contribution in [3.05, 3.63) is 34.9 Å². The first-order valence-electron chi connectivity index (χ1n) is 6.47. The third-order valence-electron chi connectivity index (χ3n) is 4.04. The van der Waals surface area contributed by atoms with E-state index >= 15 is 0 Å². The van der Waals surface area contributed by atoms with E-state index in [0.717, 1.165) is 6.42 Å². The summed E-state index contributed by atoms with van der Waals surface area (Å²) in [5.74, 6) is -1.29. The molecule has 1 aliphatic carbocycles. The standard InChI is InChI=1S/C14H14ClNO4/c15-9-3-1-2-7(4-9)12(17)13(18)16-10-5-8(10)6-11(16)14(19)20/h1-4,8,10-12,17H,5-6H2,(H,19,20)/t8-,10-,11-,12+/m0/s1. The van der Waals surface area contributed by atoms with Crippen molar-refractivity contribution in [2.45, 2.75) is 31.0 Å². The Morgan fingerprint density at radius 3 is 2.75 bits per heavy atom. The minimum absolute atomic E-state index is 0.0302. The first kappa shape index (κ1) is 13.4. The van der Waals surface area contributed by atoms with Crippen molar-refractivity contribution in [2.75, 3.05) is 0 Å². The molecule has 0 aromatic heterocycles. The van der Waals surface area contributed by atoms with Gasteiger partial charge in [0, 0.05) is 11.1 Å². The van der Waals surface area contributed by atoms with Crippen LogP contribution in [-0.4, -0.2) is 39.1 Å². The van der Waals surface area contributed by atoms with Gasteiger partial charge in [0.05, 0.1) is 0 Å². The van der Waals surface area contributed by atoms with Gasteiger partial charge in [0.2, 0.25) is 0 Å². The van der Waals surface area contributed by atoms with Crippen LogP contribution in [0.5, 0.6) is 0 Å². The molecule has 1 aliphatic heterocycles. The highest BCUT2D eigenvalue weighted by atomic mass is 35.5. The van der Waals surface area contributed by atoms with Crippen molar-refractivity contribution >= 4 is 23.5 Å². The lowest BCUT2D eigenvalue weighted by atomic mass is 10.1. The number of aliphatic hydroxyl groups is 1. The van der Waals surface area contributed by atoms with Crippen LogP contribution in [0.25, 0.3) is 0 Å². The van der Waals surface area contributed by atoms with Crippen LogP contribution >= 0.6 is 11.6 Å². The summed E-state index contributed by atoms with van der Waals surface area (Å²) < 4.78 is 0. The number of halogens is 1. The average Bonchev–Trinajstić information content (AvgIpc) is 3.08. The van der Waals surface area contributed by atoms with Gasteiger partial charge in [0.15, 0.2) is 6.10 Å². The van der Waals surface area contributed by atoms with Crippen molar-refractivity contribution < 1.29 is 19.8 Å². The Hall–Kier alpha value is -1.59. The molecule has 1 saturated carbocycles. The van der Waals surface area contributed by atoms with Gasteiger partial charge in [-0.3, -0.25) is 4.79 Å².